The first kappa shape index (κ1) is 19.8. The number of carbonyl (C=O) groups excluding carboxylic acids is 1. The van der Waals surface area contributed by atoms with Gasteiger partial charge in [-0.15, -0.1) is 0 Å². The molecule has 1 aliphatic heterocycles. The largest absolute Gasteiger partial charge is 0.497 e. The van der Waals surface area contributed by atoms with Crippen molar-refractivity contribution in [2.75, 3.05) is 27.3 Å². The van der Waals surface area contributed by atoms with E-state index in [-0.39, 0.29) is 12.0 Å². The highest BCUT2D eigenvalue weighted by Gasteiger charge is 2.27. The maximum atomic E-state index is 12.9. The fourth-order valence-corrected chi connectivity index (χ4v) is 4.59. The SMILES string of the molecule is COc1ccc(C(=O)N2CCC(Oc3nc4c(Cl)cccc4s3)CC2)c(OC)c1. The number of amides is 1. The molecule has 0 radical (unpaired) electrons. The molecule has 0 saturated carbocycles. The van der Waals surface area contributed by atoms with Crippen molar-refractivity contribution >= 4 is 39.1 Å². The third-order valence-corrected chi connectivity index (χ3v) is 6.20. The molecule has 2 heterocycles. The van der Waals surface area contributed by atoms with Crippen LogP contribution in [0.5, 0.6) is 16.7 Å². The zero-order valence-corrected chi connectivity index (χ0v) is 17.8. The summed E-state index contributed by atoms with van der Waals surface area (Å²) in [5.74, 6) is 1.12. The zero-order valence-electron chi connectivity index (χ0n) is 16.2. The number of rotatable bonds is 5. The van der Waals surface area contributed by atoms with E-state index in [1.54, 1.807) is 32.4 Å². The van der Waals surface area contributed by atoms with Crippen molar-refractivity contribution in [1.82, 2.24) is 9.88 Å². The van der Waals surface area contributed by atoms with Gasteiger partial charge in [0.05, 0.1) is 29.5 Å². The van der Waals surface area contributed by atoms with Crippen LogP contribution in [-0.4, -0.2) is 49.2 Å². The summed E-state index contributed by atoms with van der Waals surface area (Å²) in [5.41, 5.74) is 1.31. The van der Waals surface area contributed by atoms with Gasteiger partial charge < -0.3 is 19.1 Å². The van der Waals surface area contributed by atoms with Gasteiger partial charge in [0.25, 0.3) is 11.1 Å². The molecule has 152 valence electrons. The molecular formula is C21H21ClN2O4S. The summed E-state index contributed by atoms with van der Waals surface area (Å²) in [4.78, 5) is 19.3. The Morgan fingerprint density at radius 3 is 2.66 bits per heavy atom. The molecule has 1 fully saturated rings. The minimum Gasteiger partial charge on any atom is -0.497 e. The third-order valence-electron chi connectivity index (χ3n) is 4.99. The highest BCUT2D eigenvalue weighted by atomic mass is 35.5. The highest BCUT2D eigenvalue weighted by Crippen LogP contribution is 2.33. The number of aromatic nitrogens is 1. The minimum atomic E-state index is -0.0466. The number of thiazole rings is 1. The lowest BCUT2D eigenvalue weighted by atomic mass is 10.1. The lowest BCUT2D eigenvalue weighted by molar-refractivity contribution is 0.0592. The van der Waals surface area contributed by atoms with Gasteiger partial charge in [-0.1, -0.05) is 29.0 Å². The molecule has 1 saturated heterocycles. The van der Waals surface area contributed by atoms with Crippen molar-refractivity contribution in [3.8, 4) is 16.7 Å². The molecule has 0 unspecified atom stereocenters. The summed E-state index contributed by atoms with van der Waals surface area (Å²) >= 11 is 7.69. The molecule has 1 amide bonds. The fraction of sp³-hybridized carbons (Fsp3) is 0.333. The number of hydrogen-bond donors (Lipinski definition) is 0. The molecule has 1 aromatic heterocycles. The Hall–Kier alpha value is -2.51. The van der Waals surface area contributed by atoms with Gasteiger partial charge in [-0.05, 0) is 24.3 Å². The van der Waals surface area contributed by atoms with E-state index in [9.17, 15) is 4.79 Å². The summed E-state index contributed by atoms with van der Waals surface area (Å²) in [6, 6.07) is 10.9. The van der Waals surface area contributed by atoms with Gasteiger partial charge in [-0.2, -0.15) is 0 Å². The van der Waals surface area contributed by atoms with Crippen molar-refractivity contribution in [3.63, 3.8) is 0 Å². The van der Waals surface area contributed by atoms with Gasteiger partial charge in [-0.3, -0.25) is 4.79 Å². The number of carbonyl (C=O) groups is 1. The van der Waals surface area contributed by atoms with Gasteiger partial charge in [-0.25, -0.2) is 4.98 Å². The van der Waals surface area contributed by atoms with Gasteiger partial charge in [0.1, 0.15) is 23.1 Å². The first-order valence-electron chi connectivity index (χ1n) is 9.32. The number of ether oxygens (including phenoxy) is 3. The average molecular weight is 433 g/mol. The van der Waals surface area contributed by atoms with Crippen molar-refractivity contribution < 1.29 is 19.0 Å². The summed E-state index contributed by atoms with van der Waals surface area (Å²) in [7, 11) is 3.14. The molecule has 0 bridgehead atoms. The Labute approximate surface area is 178 Å². The molecule has 6 nitrogen and oxygen atoms in total. The first-order chi connectivity index (χ1) is 14.1. The molecule has 4 rings (SSSR count). The molecule has 8 heteroatoms. The lowest BCUT2D eigenvalue weighted by Gasteiger charge is -2.32. The molecule has 3 aromatic rings. The van der Waals surface area contributed by atoms with Crippen molar-refractivity contribution in [2.45, 2.75) is 18.9 Å². The molecule has 0 N–H and O–H groups in total. The number of piperidine rings is 1. The van der Waals surface area contributed by atoms with Crippen LogP contribution in [0.25, 0.3) is 10.2 Å². The van der Waals surface area contributed by atoms with E-state index < -0.39 is 0 Å². The van der Waals surface area contributed by atoms with Crippen LogP contribution in [0.2, 0.25) is 5.02 Å². The Kier molecular flexibility index (Phi) is 5.78. The smallest absolute Gasteiger partial charge is 0.274 e. The topological polar surface area (TPSA) is 60.9 Å². The number of nitrogens with zero attached hydrogens (tertiary/aromatic N) is 2. The van der Waals surface area contributed by atoms with Gasteiger partial charge in [0.2, 0.25) is 0 Å². The number of para-hydroxylation sites is 1. The van der Waals surface area contributed by atoms with Crippen LogP contribution >= 0.6 is 22.9 Å². The van der Waals surface area contributed by atoms with Crippen LogP contribution < -0.4 is 14.2 Å². The maximum Gasteiger partial charge on any atom is 0.274 e. The normalized spacial score (nSPS) is 14.8. The van der Waals surface area contributed by atoms with Crippen LogP contribution in [0.15, 0.2) is 36.4 Å². The number of hydrogen-bond acceptors (Lipinski definition) is 6. The van der Waals surface area contributed by atoms with Gasteiger partial charge >= 0.3 is 0 Å². The third kappa shape index (κ3) is 4.11. The quantitative estimate of drug-likeness (QED) is 0.587. The summed E-state index contributed by atoms with van der Waals surface area (Å²) in [6.45, 7) is 1.23. The lowest BCUT2D eigenvalue weighted by Crippen LogP contribution is -2.41. The van der Waals surface area contributed by atoms with Crippen LogP contribution in [0.4, 0.5) is 0 Å². The second kappa shape index (κ2) is 8.47. The Morgan fingerprint density at radius 1 is 1.17 bits per heavy atom. The predicted octanol–water partition coefficient (Wildman–Crippen LogP) is 4.65. The van der Waals surface area contributed by atoms with E-state index in [1.165, 1.54) is 11.3 Å². The molecule has 1 aliphatic rings. The number of likely N-dealkylation sites (tertiary alicyclic amines) is 1. The Morgan fingerprint density at radius 2 is 1.97 bits per heavy atom. The maximum absolute atomic E-state index is 12.9. The van der Waals surface area contributed by atoms with E-state index in [1.807, 2.05) is 23.1 Å². The Balaban J connectivity index is 1.40. The van der Waals surface area contributed by atoms with E-state index in [0.717, 1.165) is 23.1 Å². The number of benzene rings is 2. The van der Waals surface area contributed by atoms with E-state index in [2.05, 4.69) is 4.98 Å². The molecule has 0 atom stereocenters. The van der Waals surface area contributed by atoms with Crippen LogP contribution in [0, 0.1) is 0 Å². The molecule has 0 aliphatic carbocycles. The van der Waals surface area contributed by atoms with E-state index >= 15 is 0 Å². The van der Waals surface area contributed by atoms with Crippen LogP contribution in [0.3, 0.4) is 0 Å². The van der Waals surface area contributed by atoms with Crippen LogP contribution in [0.1, 0.15) is 23.2 Å². The second-order valence-corrected chi connectivity index (χ2v) is 8.14. The van der Waals surface area contributed by atoms with Crippen molar-refractivity contribution in [3.05, 3.63) is 47.0 Å². The van der Waals surface area contributed by atoms with Gasteiger partial charge in [0.15, 0.2) is 0 Å². The molecule has 2 aromatic carbocycles. The first-order valence-corrected chi connectivity index (χ1v) is 10.5. The van der Waals surface area contributed by atoms with E-state index in [4.69, 9.17) is 25.8 Å². The summed E-state index contributed by atoms with van der Waals surface area (Å²) < 4.78 is 17.7. The number of fused-ring (bicyclic) bond motifs is 1. The Bertz CT molecular complexity index is 1030. The number of halogens is 1. The zero-order chi connectivity index (χ0) is 20.4. The summed E-state index contributed by atoms with van der Waals surface area (Å²) in [5, 5.41) is 1.25. The predicted molar refractivity (Wildman–Crippen MR) is 114 cm³/mol. The molecule has 0 spiro atoms. The number of methoxy groups -OCH3 is 2. The van der Waals surface area contributed by atoms with E-state index in [0.29, 0.717) is 40.4 Å². The molecule has 29 heavy (non-hydrogen) atoms. The second-order valence-electron chi connectivity index (χ2n) is 6.74. The van der Waals surface area contributed by atoms with Crippen molar-refractivity contribution in [1.29, 1.82) is 0 Å². The monoisotopic (exact) mass is 432 g/mol. The fourth-order valence-electron chi connectivity index (χ4n) is 3.41. The average Bonchev–Trinajstić information content (AvgIpc) is 3.17. The van der Waals surface area contributed by atoms with Crippen LogP contribution in [-0.2, 0) is 0 Å². The highest BCUT2D eigenvalue weighted by molar-refractivity contribution is 7.20. The summed E-state index contributed by atoms with van der Waals surface area (Å²) in [6.07, 6.45) is 1.51. The molecular weight excluding hydrogens is 412 g/mol. The van der Waals surface area contributed by atoms with Gasteiger partial charge in [0, 0.05) is 32.0 Å². The minimum absolute atomic E-state index is 0.0242. The standard InChI is InChI=1S/C21H21ClN2O4S/c1-26-14-6-7-15(17(12-14)27-2)20(25)24-10-8-13(9-11-24)28-21-23-19-16(22)4-3-5-18(19)29-21/h3-7,12-13H,8-11H2,1-2H3. The van der Waals surface area contributed by atoms with Crippen molar-refractivity contribution in [2.24, 2.45) is 0 Å².